The van der Waals surface area contributed by atoms with E-state index in [0.717, 1.165) is 18.4 Å². The molecule has 98 valence electrons. The monoisotopic (exact) mass is 247 g/mol. The Bertz CT molecular complexity index is 387. The highest BCUT2D eigenvalue weighted by atomic mass is 16.3. The molecule has 0 aromatic heterocycles. The fourth-order valence-electron chi connectivity index (χ4n) is 2.52. The molecule has 1 N–H and O–H groups in total. The van der Waals surface area contributed by atoms with Gasteiger partial charge in [-0.1, -0.05) is 36.8 Å². The Hall–Kier alpha value is -1.19. The molecule has 0 spiro atoms. The smallest absolute Gasteiger partial charge is 0.179 e. The van der Waals surface area contributed by atoms with Crippen molar-refractivity contribution in [1.82, 2.24) is 4.90 Å². The molecule has 0 saturated heterocycles. The van der Waals surface area contributed by atoms with Gasteiger partial charge in [-0.05, 0) is 19.8 Å². The summed E-state index contributed by atoms with van der Waals surface area (Å²) in [6.45, 7) is 2.65. The van der Waals surface area contributed by atoms with Crippen molar-refractivity contribution in [1.29, 1.82) is 0 Å². The molecule has 0 aliphatic heterocycles. The number of Topliss-reactive ketones (excluding diaryl/α,β-unsaturated/α-hetero) is 1. The van der Waals surface area contributed by atoms with Crippen molar-refractivity contribution >= 4 is 5.78 Å². The lowest BCUT2D eigenvalue weighted by molar-refractivity contribution is 0.0528. The van der Waals surface area contributed by atoms with Gasteiger partial charge in [0.1, 0.15) is 0 Å². The molecule has 1 fully saturated rings. The first-order valence-electron chi connectivity index (χ1n) is 6.70. The fourth-order valence-corrected chi connectivity index (χ4v) is 2.52. The van der Waals surface area contributed by atoms with Crippen LogP contribution in [0.15, 0.2) is 30.3 Å². The lowest BCUT2D eigenvalue weighted by Gasteiger charge is -2.40. The molecule has 3 heteroatoms. The first-order valence-corrected chi connectivity index (χ1v) is 6.70. The third-order valence-corrected chi connectivity index (χ3v) is 3.84. The third-order valence-electron chi connectivity index (χ3n) is 3.84. The van der Waals surface area contributed by atoms with Gasteiger partial charge in [0.05, 0.1) is 12.6 Å². The van der Waals surface area contributed by atoms with E-state index >= 15 is 0 Å². The molecule has 1 aliphatic rings. The molecule has 1 saturated carbocycles. The van der Waals surface area contributed by atoms with Crippen molar-refractivity contribution in [2.75, 3.05) is 13.2 Å². The fraction of sp³-hybridized carbons (Fsp3) is 0.533. The second kappa shape index (κ2) is 6.12. The van der Waals surface area contributed by atoms with Gasteiger partial charge in [-0.25, -0.2) is 0 Å². The lowest BCUT2D eigenvalue weighted by Crippen LogP contribution is -2.49. The molecular weight excluding hydrogens is 226 g/mol. The molecule has 3 nitrogen and oxygen atoms in total. The summed E-state index contributed by atoms with van der Waals surface area (Å²) < 4.78 is 0. The van der Waals surface area contributed by atoms with Gasteiger partial charge >= 0.3 is 0 Å². The molecule has 0 bridgehead atoms. The molecule has 18 heavy (non-hydrogen) atoms. The Morgan fingerprint density at radius 2 is 2.06 bits per heavy atom. The predicted octanol–water partition coefficient (Wildman–Crippen LogP) is 2.10. The van der Waals surface area contributed by atoms with Crippen LogP contribution in [0.4, 0.5) is 0 Å². The van der Waals surface area contributed by atoms with Crippen molar-refractivity contribution in [2.24, 2.45) is 0 Å². The van der Waals surface area contributed by atoms with E-state index in [2.05, 4.69) is 4.90 Å². The number of benzene rings is 1. The molecule has 0 heterocycles. The highest BCUT2D eigenvalue weighted by Gasteiger charge is 2.31. The van der Waals surface area contributed by atoms with Gasteiger partial charge in [-0.3, -0.25) is 9.69 Å². The number of aliphatic hydroxyl groups excluding tert-OH is 1. The van der Waals surface area contributed by atoms with Crippen LogP contribution in [0.2, 0.25) is 0 Å². The topological polar surface area (TPSA) is 40.5 Å². The number of rotatable bonds is 6. The highest BCUT2D eigenvalue weighted by molar-refractivity contribution is 5.99. The summed E-state index contributed by atoms with van der Waals surface area (Å²) in [4.78, 5) is 14.5. The van der Waals surface area contributed by atoms with Gasteiger partial charge in [0.2, 0.25) is 0 Å². The van der Waals surface area contributed by atoms with Crippen molar-refractivity contribution < 1.29 is 9.90 Å². The van der Waals surface area contributed by atoms with E-state index in [-0.39, 0.29) is 18.4 Å². The third kappa shape index (κ3) is 2.79. The highest BCUT2D eigenvalue weighted by Crippen LogP contribution is 2.27. The zero-order valence-electron chi connectivity index (χ0n) is 10.9. The number of hydrogen-bond acceptors (Lipinski definition) is 3. The normalized spacial score (nSPS) is 17.5. The van der Waals surface area contributed by atoms with Crippen LogP contribution in [-0.2, 0) is 0 Å². The van der Waals surface area contributed by atoms with Crippen LogP contribution < -0.4 is 0 Å². The summed E-state index contributed by atoms with van der Waals surface area (Å²) in [6, 6.07) is 9.73. The Labute approximate surface area is 108 Å². The minimum atomic E-state index is -0.148. The van der Waals surface area contributed by atoms with Crippen LogP contribution in [-0.4, -0.2) is 41.0 Å². The molecule has 2 rings (SSSR count). The first-order chi connectivity index (χ1) is 8.74. The average Bonchev–Trinajstić information content (AvgIpc) is 2.35. The number of hydrogen-bond donors (Lipinski definition) is 1. The predicted molar refractivity (Wildman–Crippen MR) is 71.7 cm³/mol. The number of nitrogens with zero attached hydrogens (tertiary/aromatic N) is 1. The summed E-state index contributed by atoms with van der Waals surface area (Å²) in [7, 11) is 0. The van der Waals surface area contributed by atoms with Crippen LogP contribution in [0.3, 0.4) is 0 Å². The minimum absolute atomic E-state index is 0.114. The van der Waals surface area contributed by atoms with E-state index in [1.807, 2.05) is 37.3 Å². The summed E-state index contributed by atoms with van der Waals surface area (Å²) in [5, 5.41) is 9.15. The molecule has 1 aromatic carbocycles. The van der Waals surface area contributed by atoms with Crippen LogP contribution >= 0.6 is 0 Å². The van der Waals surface area contributed by atoms with E-state index in [0.29, 0.717) is 12.6 Å². The van der Waals surface area contributed by atoms with Crippen LogP contribution in [0.5, 0.6) is 0 Å². The second-order valence-electron chi connectivity index (χ2n) is 4.95. The van der Waals surface area contributed by atoms with E-state index in [4.69, 9.17) is 5.11 Å². The standard InChI is InChI=1S/C15H21NO2/c1-12(15(18)13-6-3-2-4-7-13)16(10-11-17)14-8-5-9-14/h2-4,6-7,12,14,17H,5,8-11H2,1H3. The van der Waals surface area contributed by atoms with E-state index < -0.39 is 0 Å². The van der Waals surface area contributed by atoms with Crippen LogP contribution in [0, 0.1) is 0 Å². The minimum Gasteiger partial charge on any atom is -0.395 e. The second-order valence-corrected chi connectivity index (χ2v) is 4.95. The van der Waals surface area contributed by atoms with Crippen molar-refractivity contribution in [3.8, 4) is 0 Å². The van der Waals surface area contributed by atoms with Crippen molar-refractivity contribution in [2.45, 2.75) is 38.3 Å². The van der Waals surface area contributed by atoms with Gasteiger partial charge in [-0.15, -0.1) is 0 Å². The summed E-state index contributed by atoms with van der Waals surface area (Å²) >= 11 is 0. The van der Waals surface area contributed by atoms with Crippen molar-refractivity contribution in [3.63, 3.8) is 0 Å². The quantitative estimate of drug-likeness (QED) is 0.783. The van der Waals surface area contributed by atoms with Gasteiger partial charge in [0.15, 0.2) is 5.78 Å². The SMILES string of the molecule is CC(C(=O)c1ccccc1)N(CCO)C1CCC1. The Morgan fingerprint density at radius 3 is 2.56 bits per heavy atom. The molecular formula is C15H21NO2. The number of carbonyl (C=O) groups is 1. The maximum atomic E-state index is 12.4. The summed E-state index contributed by atoms with van der Waals surface area (Å²) in [6.07, 6.45) is 3.53. The first kappa shape index (κ1) is 13.2. The van der Waals surface area contributed by atoms with Crippen molar-refractivity contribution in [3.05, 3.63) is 35.9 Å². The van der Waals surface area contributed by atoms with Crippen LogP contribution in [0.1, 0.15) is 36.5 Å². The maximum Gasteiger partial charge on any atom is 0.179 e. The average molecular weight is 247 g/mol. The number of ketones is 1. The summed E-state index contributed by atoms with van der Waals surface area (Å²) in [5.74, 6) is 0.149. The van der Waals surface area contributed by atoms with Gasteiger partial charge in [-0.2, -0.15) is 0 Å². The zero-order valence-corrected chi connectivity index (χ0v) is 10.9. The molecule has 1 aliphatic carbocycles. The Morgan fingerprint density at radius 1 is 1.39 bits per heavy atom. The number of carbonyl (C=O) groups excluding carboxylic acids is 1. The molecule has 0 radical (unpaired) electrons. The van der Waals surface area contributed by atoms with E-state index in [1.165, 1.54) is 6.42 Å². The molecule has 1 unspecified atom stereocenters. The molecule has 1 aromatic rings. The Kier molecular flexibility index (Phi) is 4.50. The van der Waals surface area contributed by atoms with Gasteiger partial charge in [0.25, 0.3) is 0 Å². The molecule has 1 atom stereocenters. The van der Waals surface area contributed by atoms with Gasteiger partial charge < -0.3 is 5.11 Å². The molecule has 0 amide bonds. The maximum absolute atomic E-state index is 12.4. The van der Waals surface area contributed by atoms with Crippen LogP contribution in [0.25, 0.3) is 0 Å². The van der Waals surface area contributed by atoms with Gasteiger partial charge in [0, 0.05) is 18.2 Å². The largest absolute Gasteiger partial charge is 0.395 e. The lowest BCUT2D eigenvalue weighted by atomic mass is 9.89. The number of aliphatic hydroxyl groups is 1. The summed E-state index contributed by atoms with van der Waals surface area (Å²) in [5.41, 5.74) is 0.757. The van der Waals surface area contributed by atoms with E-state index in [9.17, 15) is 4.79 Å². The Balaban J connectivity index is 2.07. The van der Waals surface area contributed by atoms with E-state index in [1.54, 1.807) is 0 Å². The zero-order chi connectivity index (χ0) is 13.0.